The normalized spacial score (nSPS) is 10.7. The summed E-state index contributed by atoms with van der Waals surface area (Å²) in [7, 11) is 5.59. The highest BCUT2D eigenvalue weighted by molar-refractivity contribution is 6.08. The maximum Gasteiger partial charge on any atom is 0.272 e. The zero-order chi connectivity index (χ0) is 17.3. The number of rotatable bonds is 4. The van der Waals surface area contributed by atoms with Crippen LogP contribution in [0.1, 0.15) is 16.1 Å². The maximum atomic E-state index is 12.6. The molecule has 0 aliphatic heterocycles. The largest absolute Gasteiger partial charge is 0.497 e. The van der Waals surface area contributed by atoms with Crippen molar-refractivity contribution in [1.29, 1.82) is 0 Å². The Kier molecular flexibility index (Phi) is 4.16. The number of aromatic nitrogens is 1. The van der Waals surface area contributed by atoms with Gasteiger partial charge < -0.3 is 19.9 Å². The number of aromatic amines is 1. The standard InChI is InChI=1S/C19H21N3O2/c1-12-16-10-9-15(24-4)11-17(16)21-18(12)19(23)20-13-5-7-14(8-6-13)22(2)3/h5-11,21H,1-4H3,(H,20,23). The number of benzene rings is 2. The van der Waals surface area contributed by atoms with Gasteiger partial charge in [-0.05, 0) is 48.9 Å². The van der Waals surface area contributed by atoms with E-state index in [1.807, 2.05) is 68.4 Å². The average molecular weight is 323 g/mol. The van der Waals surface area contributed by atoms with Gasteiger partial charge >= 0.3 is 0 Å². The average Bonchev–Trinajstić information content (AvgIpc) is 2.91. The van der Waals surface area contributed by atoms with Gasteiger partial charge in [0.05, 0.1) is 7.11 Å². The van der Waals surface area contributed by atoms with Gasteiger partial charge in [0.15, 0.2) is 0 Å². The fraction of sp³-hybridized carbons (Fsp3) is 0.211. The molecular weight excluding hydrogens is 302 g/mol. The van der Waals surface area contributed by atoms with Gasteiger partial charge in [-0.2, -0.15) is 0 Å². The number of ether oxygens (including phenoxy) is 1. The molecule has 3 rings (SSSR count). The fourth-order valence-electron chi connectivity index (χ4n) is 2.71. The van der Waals surface area contributed by atoms with Crippen LogP contribution in [-0.4, -0.2) is 32.1 Å². The molecule has 0 unspecified atom stereocenters. The van der Waals surface area contributed by atoms with Crippen molar-refractivity contribution < 1.29 is 9.53 Å². The third-order valence-corrected chi connectivity index (χ3v) is 4.13. The molecule has 0 spiro atoms. The number of fused-ring (bicyclic) bond motifs is 1. The van der Waals surface area contributed by atoms with Gasteiger partial charge in [0.25, 0.3) is 5.91 Å². The lowest BCUT2D eigenvalue weighted by Crippen LogP contribution is -2.14. The summed E-state index contributed by atoms with van der Waals surface area (Å²) < 4.78 is 5.23. The van der Waals surface area contributed by atoms with E-state index in [-0.39, 0.29) is 5.91 Å². The molecule has 5 nitrogen and oxygen atoms in total. The van der Waals surface area contributed by atoms with E-state index in [1.165, 1.54) is 0 Å². The van der Waals surface area contributed by atoms with E-state index in [0.717, 1.165) is 33.6 Å². The van der Waals surface area contributed by atoms with E-state index < -0.39 is 0 Å². The lowest BCUT2D eigenvalue weighted by Gasteiger charge is -2.13. The quantitative estimate of drug-likeness (QED) is 0.768. The predicted molar refractivity (Wildman–Crippen MR) is 98.3 cm³/mol. The highest BCUT2D eigenvalue weighted by Crippen LogP contribution is 2.26. The molecule has 1 aromatic heterocycles. The first kappa shape index (κ1) is 15.9. The van der Waals surface area contributed by atoms with Gasteiger partial charge in [0, 0.05) is 42.4 Å². The number of hydrogen-bond acceptors (Lipinski definition) is 3. The molecule has 2 aromatic carbocycles. The molecule has 24 heavy (non-hydrogen) atoms. The molecule has 2 N–H and O–H groups in total. The van der Waals surface area contributed by atoms with Crippen LogP contribution in [-0.2, 0) is 0 Å². The van der Waals surface area contributed by atoms with Crippen LogP contribution in [0, 0.1) is 6.92 Å². The molecule has 1 heterocycles. The van der Waals surface area contributed by atoms with Crippen molar-refractivity contribution in [2.75, 3.05) is 31.4 Å². The Morgan fingerprint density at radius 2 is 1.83 bits per heavy atom. The third-order valence-electron chi connectivity index (χ3n) is 4.13. The second-order valence-electron chi connectivity index (χ2n) is 5.93. The molecule has 124 valence electrons. The molecule has 0 saturated carbocycles. The summed E-state index contributed by atoms with van der Waals surface area (Å²) in [4.78, 5) is 17.8. The number of H-pyrrole nitrogens is 1. The zero-order valence-corrected chi connectivity index (χ0v) is 14.3. The second-order valence-corrected chi connectivity index (χ2v) is 5.93. The fourth-order valence-corrected chi connectivity index (χ4v) is 2.71. The van der Waals surface area contributed by atoms with E-state index in [1.54, 1.807) is 7.11 Å². The summed E-state index contributed by atoms with van der Waals surface area (Å²) in [6.07, 6.45) is 0. The summed E-state index contributed by atoms with van der Waals surface area (Å²) in [6.45, 7) is 1.94. The third kappa shape index (κ3) is 2.93. The number of anilines is 2. The van der Waals surface area contributed by atoms with Crippen molar-refractivity contribution in [1.82, 2.24) is 4.98 Å². The molecule has 0 atom stereocenters. The summed E-state index contributed by atoms with van der Waals surface area (Å²) >= 11 is 0. The van der Waals surface area contributed by atoms with Crippen molar-refractivity contribution >= 4 is 28.2 Å². The van der Waals surface area contributed by atoms with E-state index in [9.17, 15) is 4.79 Å². The molecule has 0 aliphatic carbocycles. The lowest BCUT2D eigenvalue weighted by atomic mass is 10.1. The highest BCUT2D eigenvalue weighted by atomic mass is 16.5. The minimum Gasteiger partial charge on any atom is -0.497 e. The van der Waals surface area contributed by atoms with Gasteiger partial charge in [-0.25, -0.2) is 0 Å². The lowest BCUT2D eigenvalue weighted by molar-refractivity contribution is 0.102. The summed E-state index contributed by atoms with van der Waals surface area (Å²) in [5.41, 5.74) is 4.23. The molecule has 0 radical (unpaired) electrons. The molecule has 0 bridgehead atoms. The topological polar surface area (TPSA) is 57.4 Å². The van der Waals surface area contributed by atoms with Crippen LogP contribution >= 0.6 is 0 Å². The van der Waals surface area contributed by atoms with Crippen molar-refractivity contribution in [3.05, 3.63) is 53.7 Å². The minimum absolute atomic E-state index is 0.153. The van der Waals surface area contributed by atoms with Crippen LogP contribution < -0.4 is 15.0 Å². The molecule has 1 amide bonds. The first-order valence-electron chi connectivity index (χ1n) is 7.74. The van der Waals surface area contributed by atoms with Gasteiger partial charge in [0.1, 0.15) is 11.4 Å². The van der Waals surface area contributed by atoms with Crippen LogP contribution in [0.4, 0.5) is 11.4 Å². The van der Waals surface area contributed by atoms with Crippen LogP contribution in [0.2, 0.25) is 0 Å². The minimum atomic E-state index is -0.153. The van der Waals surface area contributed by atoms with Crippen LogP contribution in [0.25, 0.3) is 10.9 Å². The Hall–Kier alpha value is -2.95. The Morgan fingerprint density at radius 3 is 2.46 bits per heavy atom. The van der Waals surface area contributed by atoms with Gasteiger partial charge in [-0.15, -0.1) is 0 Å². The van der Waals surface area contributed by atoms with Gasteiger partial charge in [0.2, 0.25) is 0 Å². The number of nitrogens with one attached hydrogen (secondary N) is 2. The van der Waals surface area contributed by atoms with E-state index in [2.05, 4.69) is 10.3 Å². The van der Waals surface area contributed by atoms with Crippen molar-refractivity contribution in [3.63, 3.8) is 0 Å². The Balaban J connectivity index is 1.86. The van der Waals surface area contributed by atoms with E-state index in [0.29, 0.717) is 5.69 Å². The maximum absolute atomic E-state index is 12.6. The van der Waals surface area contributed by atoms with Crippen LogP contribution in [0.3, 0.4) is 0 Å². The summed E-state index contributed by atoms with van der Waals surface area (Å²) in [5.74, 6) is 0.607. The van der Waals surface area contributed by atoms with E-state index in [4.69, 9.17) is 4.74 Å². The number of amides is 1. The predicted octanol–water partition coefficient (Wildman–Crippen LogP) is 3.80. The molecule has 5 heteroatoms. The molecule has 0 aliphatic rings. The Morgan fingerprint density at radius 1 is 1.12 bits per heavy atom. The number of aryl methyl sites for hydroxylation is 1. The molecular formula is C19H21N3O2. The zero-order valence-electron chi connectivity index (χ0n) is 14.3. The molecule has 0 fully saturated rings. The van der Waals surface area contributed by atoms with Gasteiger partial charge in [-0.3, -0.25) is 4.79 Å². The summed E-state index contributed by atoms with van der Waals surface area (Å²) in [5, 5.41) is 3.95. The van der Waals surface area contributed by atoms with Crippen molar-refractivity contribution in [3.8, 4) is 5.75 Å². The Labute approximate surface area is 141 Å². The number of carbonyl (C=O) groups excluding carboxylic acids is 1. The molecule has 0 saturated heterocycles. The first-order chi connectivity index (χ1) is 11.5. The van der Waals surface area contributed by atoms with E-state index >= 15 is 0 Å². The number of carbonyl (C=O) groups is 1. The van der Waals surface area contributed by atoms with Crippen LogP contribution in [0.5, 0.6) is 5.75 Å². The number of methoxy groups -OCH3 is 1. The monoisotopic (exact) mass is 323 g/mol. The highest BCUT2D eigenvalue weighted by Gasteiger charge is 2.15. The summed E-state index contributed by atoms with van der Waals surface area (Å²) in [6, 6.07) is 13.5. The second kappa shape index (κ2) is 6.28. The van der Waals surface area contributed by atoms with Crippen molar-refractivity contribution in [2.24, 2.45) is 0 Å². The first-order valence-corrected chi connectivity index (χ1v) is 7.74. The van der Waals surface area contributed by atoms with Crippen LogP contribution in [0.15, 0.2) is 42.5 Å². The number of hydrogen-bond donors (Lipinski definition) is 2. The van der Waals surface area contributed by atoms with Crippen molar-refractivity contribution in [2.45, 2.75) is 6.92 Å². The van der Waals surface area contributed by atoms with Gasteiger partial charge in [-0.1, -0.05) is 0 Å². The SMILES string of the molecule is COc1ccc2c(C)c(C(=O)Nc3ccc(N(C)C)cc3)[nH]c2c1. The molecule has 3 aromatic rings. The number of nitrogens with zero attached hydrogens (tertiary/aromatic N) is 1. The Bertz CT molecular complexity index is 880. The smallest absolute Gasteiger partial charge is 0.272 e.